The Balaban J connectivity index is 1.83. The Labute approximate surface area is 149 Å². The molecule has 0 saturated carbocycles. The van der Waals surface area contributed by atoms with E-state index in [1.807, 2.05) is 30.3 Å². The number of hydrogen-bond donors (Lipinski definition) is 0. The molecule has 0 spiro atoms. The van der Waals surface area contributed by atoms with E-state index in [9.17, 15) is 8.42 Å². The summed E-state index contributed by atoms with van der Waals surface area (Å²) in [7, 11) is -2.94. The van der Waals surface area contributed by atoms with Crippen molar-refractivity contribution in [1.82, 2.24) is 0 Å². The first kappa shape index (κ1) is 17.8. The lowest BCUT2D eigenvalue weighted by Gasteiger charge is -2.25. The Kier molecular flexibility index (Phi) is 4.78. The number of sulfone groups is 1. The van der Waals surface area contributed by atoms with Crippen molar-refractivity contribution < 1.29 is 17.9 Å². The largest absolute Gasteiger partial charge is 0.494 e. The molecule has 0 radical (unpaired) electrons. The topological polar surface area (TPSA) is 52.6 Å². The fraction of sp³-hybridized carbons (Fsp3) is 0.400. The third-order valence-corrected chi connectivity index (χ3v) is 5.21. The highest BCUT2D eigenvalue weighted by molar-refractivity contribution is 7.90. The van der Waals surface area contributed by atoms with Gasteiger partial charge in [-0.15, -0.1) is 0 Å². The number of fused-ring (bicyclic) bond motifs is 3. The van der Waals surface area contributed by atoms with Crippen molar-refractivity contribution in [3.63, 3.8) is 0 Å². The summed E-state index contributed by atoms with van der Waals surface area (Å²) in [5.41, 5.74) is 3.11. The summed E-state index contributed by atoms with van der Waals surface area (Å²) in [5, 5.41) is 0. The first-order valence-corrected chi connectivity index (χ1v) is 10.5. The van der Waals surface area contributed by atoms with E-state index in [1.165, 1.54) is 11.8 Å². The number of rotatable bonds is 5. The molecule has 1 heterocycles. The van der Waals surface area contributed by atoms with E-state index in [0.29, 0.717) is 13.0 Å². The summed E-state index contributed by atoms with van der Waals surface area (Å²) in [6, 6.07) is 14.1. The van der Waals surface area contributed by atoms with Gasteiger partial charge in [0, 0.05) is 18.2 Å². The van der Waals surface area contributed by atoms with E-state index in [1.54, 1.807) is 0 Å². The second-order valence-electron chi connectivity index (χ2n) is 7.19. The minimum atomic E-state index is -2.94. The van der Waals surface area contributed by atoms with Gasteiger partial charge in [0.25, 0.3) is 0 Å². The van der Waals surface area contributed by atoms with Gasteiger partial charge in [-0.05, 0) is 49.6 Å². The molecule has 0 fully saturated rings. The van der Waals surface area contributed by atoms with Crippen molar-refractivity contribution in [2.75, 3.05) is 18.6 Å². The molecule has 2 aromatic rings. The Morgan fingerprint density at radius 3 is 2.64 bits per heavy atom. The maximum Gasteiger partial charge on any atom is 0.147 e. The van der Waals surface area contributed by atoms with Gasteiger partial charge in [0.2, 0.25) is 0 Å². The zero-order chi connectivity index (χ0) is 18.1. The van der Waals surface area contributed by atoms with Crippen LogP contribution in [0.5, 0.6) is 11.5 Å². The molecule has 0 aliphatic carbocycles. The maximum absolute atomic E-state index is 11.2. The lowest BCUT2D eigenvalue weighted by atomic mass is 9.93. The number of para-hydroxylation sites is 1. The fourth-order valence-corrected chi connectivity index (χ4v) is 3.79. The molecule has 25 heavy (non-hydrogen) atoms. The molecule has 0 unspecified atom stereocenters. The number of ether oxygens (including phenoxy) is 2. The quantitative estimate of drug-likeness (QED) is 0.759. The van der Waals surface area contributed by atoms with Gasteiger partial charge in [-0.3, -0.25) is 0 Å². The molecule has 0 N–H and O–H groups in total. The average molecular weight is 360 g/mol. The van der Waals surface area contributed by atoms with Gasteiger partial charge < -0.3 is 9.47 Å². The van der Waals surface area contributed by atoms with Crippen molar-refractivity contribution in [2.24, 2.45) is 0 Å². The standard InChI is InChI=1S/C20H24O4S/c1-20(2)14-15-13-16(23-11-6-12-25(3,21)22)9-10-17(15)18-7-4-5-8-19(18)24-20/h4-5,7-10,13H,6,11-12,14H2,1-3H3. The molecule has 0 aromatic heterocycles. The SMILES string of the molecule is CC1(C)Cc2cc(OCCCS(C)(=O)=O)ccc2-c2ccccc2O1. The van der Waals surface area contributed by atoms with Crippen molar-refractivity contribution >= 4 is 9.84 Å². The van der Waals surface area contributed by atoms with E-state index in [0.717, 1.165) is 29.0 Å². The summed E-state index contributed by atoms with van der Waals surface area (Å²) in [5.74, 6) is 1.81. The summed E-state index contributed by atoms with van der Waals surface area (Å²) >= 11 is 0. The molecule has 0 amide bonds. The Bertz CT molecular complexity index is 869. The fourth-order valence-electron chi connectivity index (χ4n) is 3.15. The summed E-state index contributed by atoms with van der Waals surface area (Å²) in [6.45, 7) is 4.55. The van der Waals surface area contributed by atoms with Crippen LogP contribution in [0.4, 0.5) is 0 Å². The second kappa shape index (κ2) is 6.71. The Morgan fingerprint density at radius 1 is 1.12 bits per heavy atom. The molecule has 1 aliphatic heterocycles. The van der Waals surface area contributed by atoms with Crippen molar-refractivity contribution in [3.8, 4) is 22.6 Å². The van der Waals surface area contributed by atoms with Crippen LogP contribution in [0.25, 0.3) is 11.1 Å². The molecule has 4 nitrogen and oxygen atoms in total. The number of benzene rings is 2. The molecule has 0 bridgehead atoms. The first-order chi connectivity index (χ1) is 11.7. The zero-order valence-corrected chi connectivity index (χ0v) is 15.7. The van der Waals surface area contributed by atoms with E-state index < -0.39 is 9.84 Å². The molecule has 0 saturated heterocycles. The van der Waals surface area contributed by atoms with Gasteiger partial charge >= 0.3 is 0 Å². The van der Waals surface area contributed by atoms with Crippen LogP contribution in [-0.4, -0.2) is 32.6 Å². The molecule has 3 rings (SSSR count). The zero-order valence-electron chi connectivity index (χ0n) is 14.9. The predicted molar refractivity (Wildman–Crippen MR) is 100 cm³/mol. The van der Waals surface area contributed by atoms with Gasteiger partial charge in [-0.1, -0.05) is 24.3 Å². The highest BCUT2D eigenvalue weighted by atomic mass is 32.2. The minimum absolute atomic E-state index is 0.145. The van der Waals surface area contributed by atoms with Gasteiger partial charge in [0.15, 0.2) is 0 Å². The van der Waals surface area contributed by atoms with Gasteiger partial charge in [0.05, 0.1) is 12.4 Å². The lowest BCUT2D eigenvalue weighted by molar-refractivity contribution is 0.113. The van der Waals surface area contributed by atoms with Gasteiger partial charge in [-0.25, -0.2) is 8.42 Å². The third kappa shape index (κ3) is 4.54. The monoisotopic (exact) mass is 360 g/mol. The number of hydrogen-bond acceptors (Lipinski definition) is 4. The van der Waals surface area contributed by atoms with Crippen LogP contribution in [0, 0.1) is 0 Å². The van der Waals surface area contributed by atoms with Gasteiger partial charge in [0.1, 0.15) is 26.9 Å². The van der Waals surface area contributed by atoms with Gasteiger partial charge in [-0.2, -0.15) is 0 Å². The minimum Gasteiger partial charge on any atom is -0.494 e. The summed E-state index contributed by atoms with van der Waals surface area (Å²) in [6.07, 6.45) is 2.51. The highest BCUT2D eigenvalue weighted by Gasteiger charge is 2.28. The van der Waals surface area contributed by atoms with Crippen LogP contribution in [0.3, 0.4) is 0 Å². The van der Waals surface area contributed by atoms with E-state index in [4.69, 9.17) is 9.47 Å². The third-order valence-electron chi connectivity index (χ3n) is 4.18. The maximum atomic E-state index is 11.2. The summed E-state index contributed by atoms with van der Waals surface area (Å²) < 4.78 is 34.3. The van der Waals surface area contributed by atoms with Crippen molar-refractivity contribution in [2.45, 2.75) is 32.3 Å². The molecule has 2 aromatic carbocycles. The predicted octanol–water partition coefficient (Wildman–Crippen LogP) is 3.88. The molecule has 5 heteroatoms. The molecule has 1 aliphatic rings. The molecule has 134 valence electrons. The van der Waals surface area contributed by atoms with Crippen LogP contribution in [0.1, 0.15) is 25.8 Å². The van der Waals surface area contributed by atoms with E-state index >= 15 is 0 Å². The highest BCUT2D eigenvalue weighted by Crippen LogP contribution is 2.40. The normalized spacial score (nSPS) is 15.5. The van der Waals surface area contributed by atoms with Crippen LogP contribution in [-0.2, 0) is 16.3 Å². The Hall–Kier alpha value is -2.01. The Morgan fingerprint density at radius 2 is 1.88 bits per heavy atom. The van der Waals surface area contributed by atoms with Crippen molar-refractivity contribution in [3.05, 3.63) is 48.0 Å². The van der Waals surface area contributed by atoms with Crippen LogP contribution in [0.15, 0.2) is 42.5 Å². The molecular formula is C20H24O4S. The van der Waals surface area contributed by atoms with Crippen LogP contribution >= 0.6 is 0 Å². The smallest absolute Gasteiger partial charge is 0.147 e. The van der Waals surface area contributed by atoms with Crippen molar-refractivity contribution in [1.29, 1.82) is 0 Å². The van der Waals surface area contributed by atoms with E-state index in [-0.39, 0.29) is 11.4 Å². The van der Waals surface area contributed by atoms with Crippen LogP contribution < -0.4 is 9.47 Å². The molecule has 0 atom stereocenters. The van der Waals surface area contributed by atoms with Crippen LogP contribution in [0.2, 0.25) is 0 Å². The lowest BCUT2D eigenvalue weighted by Crippen LogP contribution is -2.30. The summed E-state index contributed by atoms with van der Waals surface area (Å²) in [4.78, 5) is 0. The van der Waals surface area contributed by atoms with E-state index in [2.05, 4.69) is 26.0 Å². The average Bonchev–Trinajstić information content (AvgIpc) is 2.62. The second-order valence-corrected chi connectivity index (χ2v) is 9.45. The molecular weight excluding hydrogens is 336 g/mol. The first-order valence-electron chi connectivity index (χ1n) is 8.45.